The maximum atomic E-state index is 9.66. The lowest BCUT2D eigenvalue weighted by atomic mass is 10.0. The quantitative estimate of drug-likeness (QED) is 0.834. The summed E-state index contributed by atoms with van der Waals surface area (Å²) in [6.07, 6.45) is 3.05. The molecule has 0 aliphatic carbocycles. The van der Waals surface area contributed by atoms with Crippen LogP contribution in [-0.2, 0) is 0 Å². The highest BCUT2D eigenvalue weighted by Gasteiger charge is 2.18. The van der Waals surface area contributed by atoms with E-state index in [0.29, 0.717) is 6.04 Å². The minimum absolute atomic E-state index is 0.122. The average Bonchev–Trinajstić information content (AvgIpc) is 2.41. The summed E-state index contributed by atoms with van der Waals surface area (Å²) in [5.41, 5.74) is 1.34. The number of hydrogen-bond acceptors (Lipinski definition) is 3. The van der Waals surface area contributed by atoms with Gasteiger partial charge in [-0.05, 0) is 38.4 Å². The molecule has 1 aliphatic heterocycles. The Hall–Kier alpha value is -0.900. The molecule has 2 unspecified atom stereocenters. The third kappa shape index (κ3) is 3.80. The maximum Gasteiger partial charge on any atom is 0.0667 e. The van der Waals surface area contributed by atoms with Crippen molar-refractivity contribution in [3.63, 3.8) is 0 Å². The van der Waals surface area contributed by atoms with Gasteiger partial charge in [0, 0.05) is 19.1 Å². The van der Waals surface area contributed by atoms with Crippen molar-refractivity contribution in [1.82, 2.24) is 10.2 Å². The summed E-state index contributed by atoms with van der Waals surface area (Å²) in [6, 6.07) is 11.0. The Morgan fingerprint density at radius 1 is 1.39 bits per heavy atom. The Morgan fingerprint density at radius 2 is 2.17 bits per heavy atom. The summed E-state index contributed by atoms with van der Waals surface area (Å²) in [5, 5.41) is 13.0. The molecule has 1 saturated heterocycles. The predicted molar refractivity (Wildman–Crippen MR) is 74.5 cm³/mol. The molecule has 1 aromatic carbocycles. The number of benzene rings is 1. The van der Waals surface area contributed by atoms with Crippen LogP contribution in [0.4, 0.5) is 0 Å². The van der Waals surface area contributed by atoms with Crippen molar-refractivity contribution in [3.8, 4) is 0 Å². The molecule has 2 rings (SSSR count). The fraction of sp³-hybridized carbons (Fsp3) is 0.600. The van der Waals surface area contributed by atoms with Crippen LogP contribution in [0, 0.1) is 0 Å². The second-order valence-electron chi connectivity index (χ2n) is 5.14. The highest BCUT2D eigenvalue weighted by molar-refractivity contribution is 5.18. The van der Waals surface area contributed by atoms with Crippen LogP contribution in [0.15, 0.2) is 30.3 Å². The van der Waals surface area contributed by atoms with Gasteiger partial charge in [-0.25, -0.2) is 0 Å². The average molecular weight is 248 g/mol. The first-order valence-electron chi connectivity index (χ1n) is 6.92. The summed E-state index contributed by atoms with van der Waals surface area (Å²) in [7, 11) is 2.02. The first-order chi connectivity index (χ1) is 8.79. The van der Waals surface area contributed by atoms with Crippen molar-refractivity contribution in [1.29, 1.82) is 0 Å². The molecule has 1 heterocycles. The van der Waals surface area contributed by atoms with E-state index in [1.54, 1.807) is 0 Å². The zero-order chi connectivity index (χ0) is 12.8. The Morgan fingerprint density at radius 3 is 2.83 bits per heavy atom. The number of aliphatic hydroxyl groups is 1. The van der Waals surface area contributed by atoms with Gasteiger partial charge in [-0.3, -0.25) is 0 Å². The molecule has 0 amide bonds. The highest BCUT2D eigenvalue weighted by atomic mass is 16.3. The number of β-amino-alcohol motifs (C(OH)–C–C–N with tert-alkyl or cyclic N) is 1. The third-order valence-corrected chi connectivity index (χ3v) is 3.77. The minimum Gasteiger partial charge on any atom is -0.392 e. The first-order valence-corrected chi connectivity index (χ1v) is 6.92. The van der Waals surface area contributed by atoms with Gasteiger partial charge in [0.15, 0.2) is 0 Å². The number of piperidine rings is 1. The lowest BCUT2D eigenvalue weighted by molar-refractivity contribution is 0.0687. The molecule has 2 N–H and O–H groups in total. The largest absolute Gasteiger partial charge is 0.392 e. The van der Waals surface area contributed by atoms with E-state index in [-0.39, 0.29) is 6.10 Å². The van der Waals surface area contributed by atoms with E-state index in [0.717, 1.165) is 38.9 Å². The van der Waals surface area contributed by atoms with Crippen LogP contribution < -0.4 is 5.32 Å². The maximum absolute atomic E-state index is 9.66. The summed E-state index contributed by atoms with van der Waals surface area (Å²) >= 11 is 0. The number of likely N-dealkylation sites (tertiary alicyclic amines) is 1. The fourth-order valence-corrected chi connectivity index (χ4v) is 2.71. The summed E-state index contributed by atoms with van der Waals surface area (Å²) in [6.45, 7) is 3.02. The van der Waals surface area contributed by atoms with Crippen LogP contribution in [0.2, 0.25) is 0 Å². The number of rotatable bonds is 5. The molecule has 1 aromatic rings. The second-order valence-corrected chi connectivity index (χ2v) is 5.14. The molecule has 0 radical (unpaired) electrons. The van der Waals surface area contributed by atoms with E-state index in [1.165, 1.54) is 5.56 Å². The van der Waals surface area contributed by atoms with Gasteiger partial charge >= 0.3 is 0 Å². The van der Waals surface area contributed by atoms with Crippen molar-refractivity contribution in [3.05, 3.63) is 35.9 Å². The summed E-state index contributed by atoms with van der Waals surface area (Å²) in [5.74, 6) is 0. The highest BCUT2D eigenvalue weighted by Crippen LogP contribution is 2.18. The van der Waals surface area contributed by atoms with Crippen molar-refractivity contribution in [2.45, 2.75) is 31.4 Å². The fourth-order valence-electron chi connectivity index (χ4n) is 2.71. The molecule has 1 fully saturated rings. The van der Waals surface area contributed by atoms with Crippen LogP contribution >= 0.6 is 0 Å². The van der Waals surface area contributed by atoms with E-state index in [4.69, 9.17) is 0 Å². The predicted octanol–water partition coefficient (Wildman–Crippen LogP) is 1.79. The molecule has 0 aromatic heterocycles. The topological polar surface area (TPSA) is 35.5 Å². The van der Waals surface area contributed by atoms with E-state index < -0.39 is 0 Å². The lowest BCUT2D eigenvalue weighted by Gasteiger charge is -2.31. The van der Waals surface area contributed by atoms with E-state index in [1.807, 2.05) is 7.05 Å². The summed E-state index contributed by atoms with van der Waals surface area (Å²) in [4.78, 5) is 2.38. The number of nitrogens with one attached hydrogen (secondary N) is 1. The van der Waals surface area contributed by atoms with Crippen molar-refractivity contribution < 1.29 is 5.11 Å². The van der Waals surface area contributed by atoms with E-state index in [9.17, 15) is 5.11 Å². The third-order valence-electron chi connectivity index (χ3n) is 3.77. The molecule has 1 aliphatic rings. The number of nitrogens with zero attached hydrogens (tertiary/aromatic N) is 1. The van der Waals surface area contributed by atoms with E-state index >= 15 is 0 Å². The van der Waals surface area contributed by atoms with Gasteiger partial charge in [-0.15, -0.1) is 0 Å². The minimum atomic E-state index is -0.122. The normalized spacial score (nSPS) is 22.9. The summed E-state index contributed by atoms with van der Waals surface area (Å²) < 4.78 is 0. The number of hydrogen-bond donors (Lipinski definition) is 2. The van der Waals surface area contributed by atoms with Gasteiger partial charge in [0.2, 0.25) is 0 Å². The molecule has 18 heavy (non-hydrogen) atoms. The number of aliphatic hydroxyl groups excluding tert-OH is 1. The second kappa shape index (κ2) is 6.88. The molecule has 3 nitrogen and oxygen atoms in total. The lowest BCUT2D eigenvalue weighted by Crippen LogP contribution is -2.39. The van der Waals surface area contributed by atoms with Crippen molar-refractivity contribution in [2.75, 3.05) is 26.7 Å². The SMILES string of the molecule is CNC(CCN1CCCC(O)C1)c1ccccc1. The Kier molecular flexibility index (Phi) is 5.17. The Labute approximate surface area is 110 Å². The van der Waals surface area contributed by atoms with Crippen molar-refractivity contribution in [2.24, 2.45) is 0 Å². The molecule has 0 bridgehead atoms. The molecule has 0 spiro atoms. The molecule has 2 atom stereocenters. The van der Waals surface area contributed by atoms with Crippen LogP contribution in [0.1, 0.15) is 30.9 Å². The van der Waals surface area contributed by atoms with Crippen LogP contribution in [-0.4, -0.2) is 42.8 Å². The molecule has 0 saturated carbocycles. The van der Waals surface area contributed by atoms with E-state index in [2.05, 4.69) is 40.5 Å². The first kappa shape index (κ1) is 13.5. The molecular weight excluding hydrogens is 224 g/mol. The molecule has 100 valence electrons. The molecular formula is C15H24N2O. The molecule has 3 heteroatoms. The smallest absolute Gasteiger partial charge is 0.0667 e. The van der Waals surface area contributed by atoms with Gasteiger partial charge in [0.25, 0.3) is 0 Å². The Balaban J connectivity index is 1.84. The zero-order valence-corrected chi connectivity index (χ0v) is 11.2. The van der Waals surface area contributed by atoms with Crippen LogP contribution in [0.25, 0.3) is 0 Å². The van der Waals surface area contributed by atoms with Gasteiger partial charge in [-0.1, -0.05) is 30.3 Å². The van der Waals surface area contributed by atoms with Crippen LogP contribution in [0.3, 0.4) is 0 Å². The zero-order valence-electron chi connectivity index (χ0n) is 11.2. The monoisotopic (exact) mass is 248 g/mol. The van der Waals surface area contributed by atoms with Gasteiger partial charge in [0.1, 0.15) is 0 Å². The van der Waals surface area contributed by atoms with Gasteiger partial charge in [0.05, 0.1) is 6.10 Å². The van der Waals surface area contributed by atoms with Crippen molar-refractivity contribution >= 4 is 0 Å². The van der Waals surface area contributed by atoms with Gasteiger partial charge in [-0.2, -0.15) is 0 Å². The van der Waals surface area contributed by atoms with Crippen LogP contribution in [0.5, 0.6) is 0 Å². The Bertz CT molecular complexity index is 342. The van der Waals surface area contributed by atoms with Gasteiger partial charge < -0.3 is 15.3 Å². The standard InChI is InChI=1S/C15H24N2O/c1-16-15(13-6-3-2-4-7-13)9-11-17-10-5-8-14(18)12-17/h2-4,6-7,14-16,18H,5,8-12H2,1H3.